The predicted molar refractivity (Wildman–Crippen MR) is 62.0 cm³/mol. The molecule has 0 aromatic heterocycles. The molecule has 0 unspecified atom stereocenters. The van der Waals surface area contributed by atoms with Crippen LogP contribution in [0, 0.1) is 0 Å². The zero-order valence-electron chi connectivity index (χ0n) is 9.08. The summed E-state index contributed by atoms with van der Waals surface area (Å²) in [7, 11) is 3.27. The number of methoxy groups -OCH3 is 1. The lowest BCUT2D eigenvalue weighted by Crippen LogP contribution is -2.19. The first-order chi connectivity index (χ1) is 7.10. The Bertz CT molecular complexity index is 366. The van der Waals surface area contributed by atoms with Crippen molar-refractivity contribution in [1.29, 1.82) is 0 Å². The van der Waals surface area contributed by atoms with E-state index in [1.165, 1.54) is 4.90 Å². The number of ether oxygens (including phenoxy) is 1. The van der Waals surface area contributed by atoms with Gasteiger partial charge in [-0.25, -0.2) is 0 Å². The summed E-state index contributed by atoms with van der Waals surface area (Å²) in [5.74, 6) is 0.830. The van der Waals surface area contributed by atoms with E-state index in [1.807, 2.05) is 19.1 Å². The van der Waals surface area contributed by atoms with Crippen molar-refractivity contribution >= 4 is 22.7 Å². The first-order valence-corrected chi connectivity index (χ1v) is 5.08. The average Bonchev–Trinajstić information content (AvgIpc) is 2.26. The zero-order valence-corrected chi connectivity index (χ0v) is 9.84. The number of carbonyl (C=O) groups is 1. The van der Waals surface area contributed by atoms with Gasteiger partial charge in [0.15, 0.2) is 0 Å². The van der Waals surface area contributed by atoms with Crippen LogP contribution in [0.5, 0.6) is 5.75 Å². The summed E-state index contributed by atoms with van der Waals surface area (Å²) in [6.07, 6.45) is 0.849. The van der Waals surface area contributed by atoms with Gasteiger partial charge in [-0.05, 0) is 41.8 Å². The van der Waals surface area contributed by atoms with Crippen LogP contribution in [0.1, 0.15) is 12.5 Å². The third-order valence-corrected chi connectivity index (χ3v) is 2.55. The van der Waals surface area contributed by atoms with Gasteiger partial charge in [0, 0.05) is 12.7 Å². The molecule has 82 valence electrons. The zero-order chi connectivity index (χ0) is 11.4. The number of hydrogen-bond donors (Lipinski definition) is 0. The Hall–Kier alpha value is -1.22. The van der Waals surface area contributed by atoms with E-state index in [2.05, 4.69) is 0 Å². The quantitative estimate of drug-likeness (QED) is 0.587. The first kappa shape index (κ1) is 11.9. The van der Waals surface area contributed by atoms with Crippen LogP contribution in [0.2, 0.25) is 0 Å². The monoisotopic (exact) mass is 227 g/mol. The number of hydrogen-bond acceptors (Lipinski definition) is 2. The summed E-state index contributed by atoms with van der Waals surface area (Å²) < 4.78 is 5.19. The number of carbonyl (C=O) groups excluding carboxylic acids is 1. The van der Waals surface area contributed by atoms with Gasteiger partial charge in [0.2, 0.25) is 0 Å². The fourth-order valence-electron chi connectivity index (χ4n) is 1.35. The van der Waals surface area contributed by atoms with Crippen LogP contribution < -0.4 is 9.64 Å². The van der Waals surface area contributed by atoms with Crippen molar-refractivity contribution in [1.82, 2.24) is 0 Å². The molecule has 3 nitrogen and oxygen atoms in total. The number of halogens is 1. The molecule has 0 atom stereocenters. The van der Waals surface area contributed by atoms with Crippen molar-refractivity contribution in [2.75, 3.05) is 19.1 Å². The maximum Gasteiger partial charge on any atom is 0.320 e. The Labute approximate surface area is 94.6 Å². The van der Waals surface area contributed by atoms with Crippen LogP contribution in [0.4, 0.5) is 10.5 Å². The third-order valence-electron chi connectivity index (χ3n) is 2.30. The first-order valence-electron chi connectivity index (χ1n) is 4.70. The second-order valence-electron chi connectivity index (χ2n) is 3.16. The molecule has 0 bridgehead atoms. The van der Waals surface area contributed by atoms with Gasteiger partial charge in [-0.2, -0.15) is 0 Å². The van der Waals surface area contributed by atoms with Crippen LogP contribution >= 0.6 is 11.6 Å². The number of amides is 1. The van der Waals surface area contributed by atoms with Crippen LogP contribution in [0.25, 0.3) is 0 Å². The van der Waals surface area contributed by atoms with Crippen LogP contribution in [0.3, 0.4) is 0 Å². The molecular formula is C11H14ClNO2. The van der Waals surface area contributed by atoms with Gasteiger partial charge < -0.3 is 9.64 Å². The second kappa shape index (κ2) is 5.03. The molecule has 1 amide bonds. The molecule has 0 N–H and O–H groups in total. The predicted octanol–water partition coefficient (Wildman–Crippen LogP) is 3.05. The summed E-state index contributed by atoms with van der Waals surface area (Å²) in [5.41, 5.74) is 1.83. The minimum Gasteiger partial charge on any atom is -0.496 e. The molecule has 0 spiro atoms. The number of aryl methyl sites for hydroxylation is 1. The van der Waals surface area contributed by atoms with Crippen molar-refractivity contribution in [3.05, 3.63) is 23.8 Å². The Morgan fingerprint density at radius 3 is 2.67 bits per heavy atom. The second-order valence-corrected chi connectivity index (χ2v) is 3.49. The van der Waals surface area contributed by atoms with E-state index in [0.29, 0.717) is 0 Å². The van der Waals surface area contributed by atoms with E-state index in [-0.39, 0.29) is 0 Å². The molecule has 0 radical (unpaired) electrons. The smallest absolute Gasteiger partial charge is 0.320 e. The van der Waals surface area contributed by atoms with Gasteiger partial charge in [0.25, 0.3) is 0 Å². The van der Waals surface area contributed by atoms with Crippen molar-refractivity contribution < 1.29 is 9.53 Å². The minimum absolute atomic E-state index is 0.498. The number of anilines is 1. The average molecular weight is 228 g/mol. The lowest BCUT2D eigenvalue weighted by atomic mass is 10.1. The topological polar surface area (TPSA) is 29.5 Å². The summed E-state index contributed by atoms with van der Waals surface area (Å²) >= 11 is 5.39. The molecule has 0 fully saturated rings. The van der Waals surface area contributed by atoms with Gasteiger partial charge >= 0.3 is 5.37 Å². The largest absolute Gasteiger partial charge is 0.496 e. The summed E-state index contributed by atoms with van der Waals surface area (Å²) in [5, 5.41) is -0.498. The van der Waals surface area contributed by atoms with Crippen molar-refractivity contribution in [2.45, 2.75) is 13.3 Å². The van der Waals surface area contributed by atoms with Gasteiger partial charge in [0.05, 0.1) is 7.11 Å². The summed E-state index contributed by atoms with van der Waals surface area (Å²) in [6, 6.07) is 5.54. The Kier molecular flexibility index (Phi) is 3.97. The van der Waals surface area contributed by atoms with Gasteiger partial charge in [0.1, 0.15) is 5.75 Å². The SMILES string of the molecule is CCc1cc(N(C)C(=O)Cl)ccc1OC. The minimum atomic E-state index is -0.498. The van der Waals surface area contributed by atoms with E-state index in [1.54, 1.807) is 20.2 Å². The highest BCUT2D eigenvalue weighted by Gasteiger charge is 2.09. The molecule has 1 rings (SSSR count). The molecule has 0 aliphatic rings. The van der Waals surface area contributed by atoms with Crippen molar-refractivity contribution in [2.24, 2.45) is 0 Å². The fraction of sp³-hybridized carbons (Fsp3) is 0.364. The van der Waals surface area contributed by atoms with Gasteiger partial charge in [-0.3, -0.25) is 4.79 Å². The van der Waals surface area contributed by atoms with E-state index in [4.69, 9.17) is 16.3 Å². The number of rotatable bonds is 3. The van der Waals surface area contributed by atoms with Crippen LogP contribution in [-0.4, -0.2) is 19.5 Å². The van der Waals surface area contributed by atoms with E-state index in [9.17, 15) is 4.79 Å². The van der Waals surface area contributed by atoms with E-state index in [0.717, 1.165) is 23.4 Å². The molecule has 0 aliphatic carbocycles. The maximum absolute atomic E-state index is 11.0. The molecule has 0 saturated heterocycles. The molecule has 0 heterocycles. The van der Waals surface area contributed by atoms with Crippen molar-refractivity contribution in [3.63, 3.8) is 0 Å². The van der Waals surface area contributed by atoms with E-state index < -0.39 is 5.37 Å². The normalized spacial score (nSPS) is 9.87. The molecule has 4 heteroatoms. The Balaban J connectivity index is 3.07. The highest BCUT2D eigenvalue weighted by atomic mass is 35.5. The van der Waals surface area contributed by atoms with Gasteiger partial charge in [-0.15, -0.1) is 0 Å². The van der Waals surface area contributed by atoms with Crippen LogP contribution in [0.15, 0.2) is 18.2 Å². The maximum atomic E-state index is 11.0. The fourth-order valence-corrected chi connectivity index (χ4v) is 1.45. The lowest BCUT2D eigenvalue weighted by Gasteiger charge is -2.16. The molecular weight excluding hydrogens is 214 g/mol. The molecule has 15 heavy (non-hydrogen) atoms. The van der Waals surface area contributed by atoms with Gasteiger partial charge in [-0.1, -0.05) is 6.92 Å². The van der Waals surface area contributed by atoms with Crippen molar-refractivity contribution in [3.8, 4) is 5.75 Å². The van der Waals surface area contributed by atoms with E-state index >= 15 is 0 Å². The van der Waals surface area contributed by atoms with Crippen LogP contribution in [-0.2, 0) is 6.42 Å². The number of nitrogens with zero attached hydrogens (tertiary/aromatic N) is 1. The number of benzene rings is 1. The third kappa shape index (κ3) is 2.63. The summed E-state index contributed by atoms with van der Waals surface area (Å²) in [4.78, 5) is 12.3. The Morgan fingerprint density at radius 1 is 1.53 bits per heavy atom. The highest BCUT2D eigenvalue weighted by molar-refractivity contribution is 6.66. The molecule has 0 saturated carbocycles. The highest BCUT2D eigenvalue weighted by Crippen LogP contribution is 2.25. The standard InChI is InChI=1S/C11H14ClNO2/c1-4-8-7-9(13(2)11(12)14)5-6-10(8)15-3/h5-7H,4H2,1-3H3. The molecule has 1 aromatic rings. The summed E-state index contributed by atoms with van der Waals surface area (Å²) in [6.45, 7) is 2.03. The Morgan fingerprint density at radius 2 is 2.20 bits per heavy atom. The molecule has 0 aliphatic heterocycles. The molecule has 1 aromatic carbocycles. The lowest BCUT2D eigenvalue weighted by molar-refractivity contribution is 0.265.